The number of benzene rings is 1. The van der Waals surface area contributed by atoms with E-state index in [1.165, 1.54) is 5.56 Å². The Morgan fingerprint density at radius 1 is 1.12 bits per heavy atom. The van der Waals surface area contributed by atoms with Crippen LogP contribution in [0.2, 0.25) is 0 Å². The minimum atomic E-state index is -0.392. The van der Waals surface area contributed by atoms with Crippen molar-refractivity contribution in [3.05, 3.63) is 71.9 Å². The molecule has 0 atom stereocenters. The van der Waals surface area contributed by atoms with E-state index in [1.807, 2.05) is 31.2 Å². The topological polar surface area (TPSA) is 90.0 Å². The van der Waals surface area contributed by atoms with Gasteiger partial charge in [0.25, 0.3) is 11.7 Å². The molecule has 26 heavy (non-hydrogen) atoms. The van der Waals surface area contributed by atoms with Crippen molar-refractivity contribution in [1.82, 2.24) is 29.4 Å². The fourth-order valence-corrected chi connectivity index (χ4v) is 2.67. The number of aromatic nitrogens is 6. The minimum absolute atomic E-state index is 0.0719. The van der Waals surface area contributed by atoms with E-state index in [0.29, 0.717) is 18.1 Å². The van der Waals surface area contributed by atoms with Crippen LogP contribution in [0.5, 0.6) is 0 Å². The van der Waals surface area contributed by atoms with Crippen molar-refractivity contribution < 1.29 is 4.79 Å². The molecule has 0 aliphatic carbocycles. The maximum atomic E-state index is 12.5. The van der Waals surface area contributed by atoms with Gasteiger partial charge in [0.05, 0.1) is 6.20 Å². The first-order valence-electron chi connectivity index (χ1n) is 8.26. The van der Waals surface area contributed by atoms with Gasteiger partial charge in [-0.05, 0) is 25.0 Å². The number of anilines is 1. The van der Waals surface area contributed by atoms with Crippen molar-refractivity contribution in [2.75, 3.05) is 5.32 Å². The highest BCUT2D eigenvalue weighted by molar-refractivity contribution is 6.01. The SMILES string of the molecule is Cc1ccnc2nc(C(=O)Nc3ccnn3CCc3ccccc3)nn12. The molecule has 3 aromatic heterocycles. The zero-order valence-electron chi connectivity index (χ0n) is 14.2. The summed E-state index contributed by atoms with van der Waals surface area (Å²) >= 11 is 0. The number of hydrogen-bond acceptors (Lipinski definition) is 5. The second-order valence-electron chi connectivity index (χ2n) is 5.86. The molecular formula is C18H17N7O. The van der Waals surface area contributed by atoms with Crippen molar-refractivity contribution in [1.29, 1.82) is 0 Å². The predicted molar refractivity (Wildman–Crippen MR) is 95.8 cm³/mol. The monoisotopic (exact) mass is 347 g/mol. The molecule has 130 valence electrons. The number of hydrogen-bond donors (Lipinski definition) is 1. The van der Waals surface area contributed by atoms with Gasteiger partial charge in [-0.3, -0.25) is 4.79 Å². The quantitative estimate of drug-likeness (QED) is 0.597. The highest BCUT2D eigenvalue weighted by atomic mass is 16.2. The molecule has 3 heterocycles. The van der Waals surface area contributed by atoms with Gasteiger partial charge in [-0.25, -0.2) is 14.2 Å². The molecule has 0 bridgehead atoms. The van der Waals surface area contributed by atoms with Gasteiger partial charge in [0.15, 0.2) is 0 Å². The van der Waals surface area contributed by atoms with Gasteiger partial charge >= 0.3 is 0 Å². The molecule has 1 amide bonds. The van der Waals surface area contributed by atoms with E-state index >= 15 is 0 Å². The van der Waals surface area contributed by atoms with Crippen molar-refractivity contribution in [3.63, 3.8) is 0 Å². The van der Waals surface area contributed by atoms with Gasteiger partial charge in [-0.15, -0.1) is 5.10 Å². The summed E-state index contributed by atoms with van der Waals surface area (Å²) in [6.45, 7) is 2.54. The average Bonchev–Trinajstić information content (AvgIpc) is 3.28. The summed E-state index contributed by atoms with van der Waals surface area (Å²) in [5, 5.41) is 11.3. The van der Waals surface area contributed by atoms with E-state index in [9.17, 15) is 4.79 Å². The van der Waals surface area contributed by atoms with E-state index in [-0.39, 0.29) is 5.82 Å². The van der Waals surface area contributed by atoms with Crippen LogP contribution >= 0.6 is 0 Å². The zero-order valence-corrected chi connectivity index (χ0v) is 14.2. The van der Waals surface area contributed by atoms with Crippen LogP contribution < -0.4 is 5.32 Å². The molecule has 0 radical (unpaired) electrons. The molecule has 0 spiro atoms. The summed E-state index contributed by atoms with van der Waals surface area (Å²) in [6.07, 6.45) is 4.12. The summed E-state index contributed by atoms with van der Waals surface area (Å²) in [4.78, 5) is 20.8. The van der Waals surface area contributed by atoms with Crippen LogP contribution in [0.4, 0.5) is 5.82 Å². The third-order valence-corrected chi connectivity index (χ3v) is 4.05. The molecule has 0 unspecified atom stereocenters. The first-order valence-corrected chi connectivity index (χ1v) is 8.26. The average molecular weight is 347 g/mol. The van der Waals surface area contributed by atoms with Crippen LogP contribution in [0.1, 0.15) is 21.9 Å². The Morgan fingerprint density at radius 2 is 1.96 bits per heavy atom. The van der Waals surface area contributed by atoms with Gasteiger partial charge in [0.2, 0.25) is 5.82 Å². The summed E-state index contributed by atoms with van der Waals surface area (Å²) < 4.78 is 3.30. The molecule has 0 aliphatic heterocycles. The maximum absolute atomic E-state index is 12.5. The van der Waals surface area contributed by atoms with E-state index < -0.39 is 5.91 Å². The van der Waals surface area contributed by atoms with E-state index in [0.717, 1.165) is 12.1 Å². The normalized spacial score (nSPS) is 11.0. The fourth-order valence-electron chi connectivity index (χ4n) is 2.67. The zero-order chi connectivity index (χ0) is 17.9. The molecule has 1 N–H and O–H groups in total. The van der Waals surface area contributed by atoms with Gasteiger partial charge in [0.1, 0.15) is 5.82 Å². The third kappa shape index (κ3) is 3.16. The Balaban J connectivity index is 1.49. The largest absolute Gasteiger partial charge is 0.304 e. The first-order chi connectivity index (χ1) is 12.7. The number of aryl methyl sites for hydroxylation is 3. The van der Waals surface area contributed by atoms with Gasteiger partial charge < -0.3 is 5.32 Å². The number of fused-ring (bicyclic) bond motifs is 1. The van der Waals surface area contributed by atoms with Crippen molar-refractivity contribution in [3.8, 4) is 0 Å². The molecule has 0 fully saturated rings. The second-order valence-corrected chi connectivity index (χ2v) is 5.86. The lowest BCUT2D eigenvalue weighted by Gasteiger charge is -2.08. The van der Waals surface area contributed by atoms with E-state index in [4.69, 9.17) is 0 Å². The van der Waals surface area contributed by atoms with Crippen LogP contribution in [0.25, 0.3) is 5.78 Å². The molecule has 1 aromatic carbocycles. The van der Waals surface area contributed by atoms with E-state index in [2.05, 4.69) is 37.6 Å². The maximum Gasteiger partial charge on any atom is 0.296 e. The molecule has 4 rings (SSSR count). The summed E-state index contributed by atoms with van der Waals surface area (Å²) in [7, 11) is 0. The van der Waals surface area contributed by atoms with Crippen LogP contribution in [0.15, 0.2) is 54.9 Å². The Morgan fingerprint density at radius 3 is 2.77 bits per heavy atom. The first kappa shape index (κ1) is 15.9. The molecule has 0 saturated heterocycles. The number of rotatable bonds is 5. The van der Waals surface area contributed by atoms with Crippen molar-refractivity contribution in [2.45, 2.75) is 19.9 Å². The van der Waals surface area contributed by atoms with Crippen LogP contribution in [-0.4, -0.2) is 35.3 Å². The molecule has 0 saturated carbocycles. The summed E-state index contributed by atoms with van der Waals surface area (Å²) in [5.74, 6) is 0.682. The number of amides is 1. The predicted octanol–water partition coefficient (Wildman–Crippen LogP) is 2.12. The lowest BCUT2D eigenvalue weighted by molar-refractivity contribution is 0.101. The van der Waals surface area contributed by atoms with Gasteiger partial charge in [0, 0.05) is 24.5 Å². The van der Waals surface area contributed by atoms with Crippen LogP contribution in [-0.2, 0) is 13.0 Å². The third-order valence-electron chi connectivity index (χ3n) is 4.05. The van der Waals surface area contributed by atoms with Crippen molar-refractivity contribution in [2.24, 2.45) is 0 Å². The summed E-state index contributed by atoms with van der Waals surface area (Å²) in [5.41, 5.74) is 2.07. The van der Waals surface area contributed by atoms with Gasteiger partial charge in [-0.2, -0.15) is 10.1 Å². The Labute approximate surface area is 149 Å². The number of carbonyl (C=O) groups is 1. The van der Waals surface area contributed by atoms with Crippen LogP contribution in [0, 0.1) is 6.92 Å². The molecule has 8 nitrogen and oxygen atoms in total. The van der Waals surface area contributed by atoms with Crippen molar-refractivity contribution >= 4 is 17.5 Å². The van der Waals surface area contributed by atoms with E-state index in [1.54, 1.807) is 27.7 Å². The lowest BCUT2D eigenvalue weighted by atomic mass is 10.1. The number of carbonyl (C=O) groups excluding carboxylic acids is 1. The Bertz CT molecular complexity index is 1050. The summed E-state index contributed by atoms with van der Waals surface area (Å²) in [6, 6.07) is 13.7. The second kappa shape index (κ2) is 6.75. The molecular weight excluding hydrogens is 330 g/mol. The minimum Gasteiger partial charge on any atom is -0.304 e. The standard InChI is InChI=1S/C18H17N7O/c1-13-7-10-19-18-22-16(23-25(13)18)17(26)21-15-8-11-20-24(15)12-9-14-5-3-2-4-6-14/h2-8,10-11H,9,12H2,1H3,(H,21,26). The van der Waals surface area contributed by atoms with Crippen LogP contribution in [0.3, 0.4) is 0 Å². The van der Waals surface area contributed by atoms with Gasteiger partial charge in [-0.1, -0.05) is 30.3 Å². The molecule has 0 aliphatic rings. The Hall–Kier alpha value is -3.55. The molecule has 8 heteroatoms. The fraction of sp³-hybridized carbons (Fsp3) is 0.167. The number of nitrogens with one attached hydrogen (secondary N) is 1. The smallest absolute Gasteiger partial charge is 0.296 e. The highest BCUT2D eigenvalue weighted by Crippen LogP contribution is 2.10. The Kier molecular flexibility index (Phi) is 4.14. The molecule has 4 aromatic rings. The highest BCUT2D eigenvalue weighted by Gasteiger charge is 2.16. The lowest BCUT2D eigenvalue weighted by Crippen LogP contribution is -2.18. The number of nitrogens with zero attached hydrogens (tertiary/aromatic N) is 6.